The maximum absolute atomic E-state index is 12.7. The summed E-state index contributed by atoms with van der Waals surface area (Å²) in [6.45, 7) is 0. The molecule has 20 heavy (non-hydrogen) atoms. The monoisotopic (exact) mass is 275 g/mol. The highest BCUT2D eigenvalue weighted by atomic mass is 19.1. The molecule has 0 spiro atoms. The van der Waals surface area contributed by atoms with Gasteiger partial charge in [-0.05, 0) is 48.4 Å². The van der Waals surface area contributed by atoms with E-state index in [1.54, 1.807) is 24.3 Å². The third-order valence-electron chi connectivity index (χ3n) is 2.75. The van der Waals surface area contributed by atoms with Crippen molar-refractivity contribution in [1.82, 2.24) is 0 Å². The molecule has 0 aliphatic rings. The van der Waals surface area contributed by atoms with Crippen LogP contribution in [0.3, 0.4) is 0 Å². The highest BCUT2D eigenvalue weighted by Gasteiger charge is 2.11. The van der Waals surface area contributed by atoms with Crippen LogP contribution in [0.1, 0.15) is 5.56 Å². The van der Waals surface area contributed by atoms with Crippen molar-refractivity contribution in [2.45, 2.75) is 12.5 Å². The summed E-state index contributed by atoms with van der Waals surface area (Å²) >= 11 is 0. The van der Waals surface area contributed by atoms with Crippen molar-refractivity contribution in [2.75, 3.05) is 0 Å². The second-order valence-corrected chi connectivity index (χ2v) is 4.35. The lowest BCUT2D eigenvalue weighted by Gasteiger charge is -2.08. The summed E-state index contributed by atoms with van der Waals surface area (Å²) in [5.41, 5.74) is 6.27. The van der Waals surface area contributed by atoms with Gasteiger partial charge in [0, 0.05) is 0 Å². The lowest BCUT2D eigenvalue weighted by Crippen LogP contribution is -2.32. The minimum atomic E-state index is -1.03. The molecule has 4 nitrogen and oxygen atoms in total. The molecule has 0 aromatic heterocycles. The number of carboxylic acid groups (broad SMARTS) is 1. The Labute approximate surface area is 115 Å². The third kappa shape index (κ3) is 3.80. The molecule has 0 bridgehead atoms. The second kappa shape index (κ2) is 6.16. The smallest absolute Gasteiger partial charge is 0.320 e. The van der Waals surface area contributed by atoms with Crippen molar-refractivity contribution < 1.29 is 19.0 Å². The lowest BCUT2D eigenvalue weighted by atomic mass is 10.1. The number of ether oxygens (including phenoxy) is 1. The van der Waals surface area contributed by atoms with Crippen LogP contribution in [0.4, 0.5) is 4.39 Å². The van der Waals surface area contributed by atoms with Crippen molar-refractivity contribution in [1.29, 1.82) is 0 Å². The third-order valence-corrected chi connectivity index (χ3v) is 2.75. The maximum Gasteiger partial charge on any atom is 0.320 e. The van der Waals surface area contributed by atoms with E-state index in [-0.39, 0.29) is 12.2 Å². The SMILES string of the molecule is NC(Cc1ccc(Oc2ccc(F)cc2)cc1)C(=O)O. The van der Waals surface area contributed by atoms with E-state index in [1.807, 2.05) is 0 Å². The summed E-state index contributed by atoms with van der Waals surface area (Å²) in [4.78, 5) is 10.7. The van der Waals surface area contributed by atoms with Crippen molar-refractivity contribution in [3.05, 3.63) is 59.9 Å². The van der Waals surface area contributed by atoms with Crippen LogP contribution in [-0.4, -0.2) is 17.1 Å². The molecule has 2 aromatic rings. The molecule has 0 aliphatic heterocycles. The van der Waals surface area contributed by atoms with Crippen LogP contribution in [0, 0.1) is 5.82 Å². The Balaban J connectivity index is 2.01. The molecule has 0 heterocycles. The summed E-state index contributed by atoms with van der Waals surface area (Å²) in [6.07, 6.45) is 0.256. The Morgan fingerprint density at radius 3 is 2.10 bits per heavy atom. The van der Waals surface area contributed by atoms with E-state index >= 15 is 0 Å². The Morgan fingerprint density at radius 1 is 1.10 bits per heavy atom. The first-order valence-corrected chi connectivity index (χ1v) is 6.05. The van der Waals surface area contributed by atoms with Crippen molar-refractivity contribution in [2.24, 2.45) is 5.73 Å². The number of benzene rings is 2. The number of rotatable bonds is 5. The van der Waals surface area contributed by atoms with Gasteiger partial charge in [0.05, 0.1) is 0 Å². The van der Waals surface area contributed by atoms with Gasteiger partial charge in [0.2, 0.25) is 0 Å². The first-order chi connectivity index (χ1) is 9.54. The summed E-state index contributed by atoms with van der Waals surface area (Å²) in [7, 11) is 0. The van der Waals surface area contributed by atoms with Gasteiger partial charge in [0.1, 0.15) is 23.4 Å². The number of halogens is 1. The predicted molar refractivity (Wildman–Crippen MR) is 72.2 cm³/mol. The van der Waals surface area contributed by atoms with Crippen LogP contribution in [0.5, 0.6) is 11.5 Å². The Hall–Kier alpha value is -2.40. The molecule has 104 valence electrons. The van der Waals surface area contributed by atoms with E-state index in [0.717, 1.165) is 5.56 Å². The second-order valence-electron chi connectivity index (χ2n) is 4.35. The highest BCUT2D eigenvalue weighted by molar-refractivity contribution is 5.73. The fraction of sp³-hybridized carbons (Fsp3) is 0.133. The van der Waals surface area contributed by atoms with Crippen LogP contribution < -0.4 is 10.5 Å². The fourth-order valence-electron chi connectivity index (χ4n) is 1.67. The number of nitrogens with two attached hydrogens (primary N) is 1. The molecule has 0 fully saturated rings. The molecule has 2 aromatic carbocycles. The zero-order valence-electron chi connectivity index (χ0n) is 10.6. The summed E-state index contributed by atoms with van der Waals surface area (Å²) < 4.78 is 18.3. The van der Waals surface area contributed by atoms with Gasteiger partial charge in [0.15, 0.2) is 0 Å². The zero-order valence-corrected chi connectivity index (χ0v) is 10.6. The van der Waals surface area contributed by atoms with Crippen LogP contribution in [0.15, 0.2) is 48.5 Å². The number of carbonyl (C=O) groups is 1. The minimum Gasteiger partial charge on any atom is -0.480 e. The van der Waals surface area contributed by atoms with E-state index in [0.29, 0.717) is 11.5 Å². The number of carboxylic acids is 1. The highest BCUT2D eigenvalue weighted by Crippen LogP contribution is 2.22. The largest absolute Gasteiger partial charge is 0.480 e. The van der Waals surface area contributed by atoms with Gasteiger partial charge in [-0.25, -0.2) is 4.39 Å². The molecular formula is C15H14FNO3. The Morgan fingerprint density at radius 2 is 1.60 bits per heavy atom. The maximum atomic E-state index is 12.7. The van der Waals surface area contributed by atoms with E-state index in [4.69, 9.17) is 15.6 Å². The van der Waals surface area contributed by atoms with Gasteiger partial charge in [0.25, 0.3) is 0 Å². The summed E-state index contributed by atoms with van der Waals surface area (Å²) in [5, 5.41) is 8.73. The van der Waals surface area contributed by atoms with Gasteiger partial charge in [-0.1, -0.05) is 12.1 Å². The minimum absolute atomic E-state index is 0.256. The summed E-state index contributed by atoms with van der Waals surface area (Å²) in [5.74, 6) is -0.238. The average Bonchev–Trinajstić information content (AvgIpc) is 2.43. The van der Waals surface area contributed by atoms with Crippen LogP contribution in [0.25, 0.3) is 0 Å². The fourth-order valence-corrected chi connectivity index (χ4v) is 1.67. The van der Waals surface area contributed by atoms with Gasteiger partial charge in [-0.15, -0.1) is 0 Å². The van der Waals surface area contributed by atoms with E-state index < -0.39 is 12.0 Å². The molecule has 3 N–H and O–H groups in total. The number of hydrogen-bond acceptors (Lipinski definition) is 3. The molecule has 5 heteroatoms. The van der Waals surface area contributed by atoms with Crippen LogP contribution >= 0.6 is 0 Å². The number of hydrogen-bond donors (Lipinski definition) is 2. The van der Waals surface area contributed by atoms with Gasteiger partial charge in [-0.2, -0.15) is 0 Å². The van der Waals surface area contributed by atoms with Gasteiger partial charge in [-0.3, -0.25) is 4.79 Å². The van der Waals surface area contributed by atoms with Gasteiger partial charge < -0.3 is 15.6 Å². The topological polar surface area (TPSA) is 72.5 Å². The van der Waals surface area contributed by atoms with E-state index in [1.165, 1.54) is 24.3 Å². The zero-order chi connectivity index (χ0) is 14.5. The first-order valence-electron chi connectivity index (χ1n) is 6.05. The first kappa shape index (κ1) is 14.0. The Bertz CT molecular complexity index is 581. The molecule has 0 amide bonds. The van der Waals surface area contributed by atoms with Crippen LogP contribution in [0.2, 0.25) is 0 Å². The standard InChI is InChI=1S/C15H14FNO3/c16-11-3-7-13(8-4-11)20-12-5-1-10(2-6-12)9-14(17)15(18)19/h1-8,14H,9,17H2,(H,18,19). The Kier molecular flexibility index (Phi) is 4.32. The molecule has 0 aliphatic carbocycles. The molecule has 1 atom stereocenters. The molecule has 0 saturated carbocycles. The molecule has 0 radical (unpaired) electrons. The molecule has 1 unspecified atom stereocenters. The molecule has 0 saturated heterocycles. The van der Waals surface area contributed by atoms with E-state index in [2.05, 4.69) is 0 Å². The van der Waals surface area contributed by atoms with Crippen molar-refractivity contribution >= 4 is 5.97 Å². The van der Waals surface area contributed by atoms with Crippen molar-refractivity contribution in [3.8, 4) is 11.5 Å². The van der Waals surface area contributed by atoms with Gasteiger partial charge >= 0.3 is 5.97 Å². The predicted octanol–water partition coefficient (Wildman–Crippen LogP) is 2.57. The quantitative estimate of drug-likeness (QED) is 0.879. The lowest BCUT2D eigenvalue weighted by molar-refractivity contribution is -0.138. The molecular weight excluding hydrogens is 261 g/mol. The summed E-state index contributed by atoms with van der Waals surface area (Å²) in [6, 6.07) is 11.7. The van der Waals surface area contributed by atoms with E-state index in [9.17, 15) is 9.18 Å². The van der Waals surface area contributed by atoms with Crippen molar-refractivity contribution in [3.63, 3.8) is 0 Å². The molecule has 2 rings (SSSR count). The normalized spacial score (nSPS) is 11.9. The van der Waals surface area contributed by atoms with Crippen LogP contribution in [-0.2, 0) is 11.2 Å². The number of aliphatic carboxylic acids is 1. The average molecular weight is 275 g/mol.